The zero-order valence-electron chi connectivity index (χ0n) is 69.3. The van der Waals surface area contributed by atoms with E-state index in [-0.39, 0.29) is 19.8 Å². The van der Waals surface area contributed by atoms with Gasteiger partial charge in [-0.25, -0.2) is 19.2 Å². The molecule has 6 aliphatic rings. The lowest BCUT2D eigenvalue weighted by Gasteiger charge is -2.54. The molecule has 686 valence electrons. The standard InChI is InChI=1S/C79H99Cl6N3O35Si/c1-40(89)86-57-52(111-44(5)93)31-77(122-65(57)61(113-46(7)95)54(112-45(6)94)35-104-42(3)91)73(98)107-37-56(120-77)63(114-47(8)96)66-58(87-41(2)90)51(110-43(4)92)30-76(121-66,72(97)101-9)123-67-62(53(34-102-32-48-22-16-13-17-23-48)116-71(103-28-29-124(10,11)12)68(67)105-33-49-24-18-14-19-25-49)118-70-59(88-74(99)108-38-78(80,81)82)64(119-75(100)109-39-79(83,84)85)60-55(115-70)36-106-69(117-60)50-26-20-15-21-27-50/h13-27,51-71H,28-39H2,1-12H3,(H,86,89)(H,87,90)(H,88,99)/t51-,52-,53+,54+,55+,56+,57+,58+,59+,60-,61+,62-,63+,64+,65+,66+,67-,68+,69-,70-,71+,76-,77+/m0/s1. The van der Waals surface area contributed by atoms with Crippen molar-refractivity contribution in [2.45, 2.75) is 255 Å². The summed E-state index contributed by atoms with van der Waals surface area (Å²) in [6.45, 7) is 8.71. The summed E-state index contributed by atoms with van der Waals surface area (Å²) < 4.78 is 141. The predicted molar refractivity (Wildman–Crippen MR) is 429 cm³/mol. The molecular weight excluding hydrogens is 1790 g/mol. The van der Waals surface area contributed by atoms with Crippen molar-refractivity contribution in [3.05, 3.63) is 108 Å². The van der Waals surface area contributed by atoms with Gasteiger partial charge in [0.15, 0.2) is 43.3 Å². The molecule has 0 aliphatic carbocycles. The molecule has 6 heterocycles. The number of esters is 8. The average Bonchev–Trinajstić information content (AvgIpc) is 0.734. The lowest BCUT2D eigenvalue weighted by atomic mass is 9.86. The van der Waals surface area contributed by atoms with Crippen LogP contribution in [0.4, 0.5) is 9.59 Å². The van der Waals surface area contributed by atoms with E-state index in [0.717, 1.165) is 62.5 Å². The monoisotopic (exact) mass is 1890 g/mol. The van der Waals surface area contributed by atoms with Crippen molar-refractivity contribution in [2.75, 3.05) is 53.4 Å². The predicted octanol–water partition coefficient (Wildman–Crippen LogP) is 7.15. The van der Waals surface area contributed by atoms with Gasteiger partial charge in [0.05, 0.1) is 58.5 Å². The van der Waals surface area contributed by atoms with Gasteiger partial charge in [-0.3, -0.25) is 38.4 Å². The van der Waals surface area contributed by atoms with Gasteiger partial charge in [-0.1, -0.05) is 180 Å². The van der Waals surface area contributed by atoms with Crippen LogP contribution in [0.15, 0.2) is 91.0 Å². The Balaban J connectivity index is 1.28. The Labute approximate surface area is 743 Å². The third kappa shape index (κ3) is 28.9. The van der Waals surface area contributed by atoms with Crippen molar-refractivity contribution in [3.8, 4) is 0 Å². The highest BCUT2D eigenvalue weighted by Gasteiger charge is 2.67. The third-order valence-corrected chi connectivity index (χ3v) is 21.8. The maximum atomic E-state index is 16.1. The molecular formula is C79H99Cl6N3O35Si. The van der Waals surface area contributed by atoms with Crippen molar-refractivity contribution in [1.82, 2.24) is 16.0 Å². The second kappa shape index (κ2) is 44.9. The smallest absolute Gasteiger partial charge is 0.465 e. The normalized spacial score (nSPS) is 29.5. The van der Waals surface area contributed by atoms with Crippen LogP contribution < -0.4 is 16.0 Å². The van der Waals surface area contributed by atoms with Gasteiger partial charge in [-0.2, -0.15) is 0 Å². The summed E-state index contributed by atoms with van der Waals surface area (Å²) in [4.78, 5) is 168. The first-order valence-corrected chi connectivity index (χ1v) is 45.0. The number of rotatable bonds is 34. The van der Waals surface area contributed by atoms with Gasteiger partial charge in [0, 0.05) is 75.6 Å². The number of alkyl carbamates (subject to hydrolysis) is 1. The van der Waals surface area contributed by atoms with Crippen LogP contribution in [0.5, 0.6) is 0 Å². The Morgan fingerprint density at radius 1 is 0.565 bits per heavy atom. The van der Waals surface area contributed by atoms with Gasteiger partial charge in [-0.15, -0.1) is 0 Å². The summed E-state index contributed by atoms with van der Waals surface area (Å²) in [5, 5.41) is 7.84. The molecule has 6 fully saturated rings. The summed E-state index contributed by atoms with van der Waals surface area (Å²) in [6, 6.07) is 20.7. The number of hydrogen-bond donors (Lipinski definition) is 3. The fraction of sp³-hybridized carbons (Fsp3) is 0.620. The Bertz CT molecular complexity index is 4160. The summed E-state index contributed by atoms with van der Waals surface area (Å²) in [5.74, 6) is -17.5. The first-order valence-electron chi connectivity index (χ1n) is 39.0. The topological polar surface area (TPSA) is 453 Å². The Hall–Kier alpha value is -7.62. The van der Waals surface area contributed by atoms with E-state index in [4.69, 9.17) is 179 Å². The molecule has 0 saturated carbocycles. The third-order valence-electron chi connectivity index (χ3n) is 19.4. The van der Waals surface area contributed by atoms with E-state index in [1.54, 1.807) is 91.0 Å². The molecule has 124 heavy (non-hydrogen) atoms. The number of nitrogens with one attached hydrogen (secondary N) is 3. The molecule has 45 heteroatoms. The number of carbonyl (C=O) groups excluding carboxylic acids is 12. The number of ether oxygens (including phenoxy) is 23. The molecule has 0 unspecified atom stereocenters. The molecule has 9 rings (SSSR count). The number of cyclic esters (lactones) is 1. The zero-order valence-corrected chi connectivity index (χ0v) is 74.9. The van der Waals surface area contributed by atoms with Crippen molar-refractivity contribution in [3.63, 3.8) is 0 Å². The molecule has 0 aromatic heterocycles. The second-order valence-electron chi connectivity index (χ2n) is 30.7. The second-order valence-corrected chi connectivity index (χ2v) is 41.3. The summed E-state index contributed by atoms with van der Waals surface area (Å²) in [5.41, 5.74) is 1.59. The van der Waals surface area contributed by atoms with Crippen LogP contribution in [-0.4, -0.2) is 275 Å². The van der Waals surface area contributed by atoms with E-state index >= 15 is 9.59 Å². The number of alkyl halides is 6. The molecule has 6 saturated heterocycles. The minimum atomic E-state index is -3.23. The van der Waals surface area contributed by atoms with Crippen molar-refractivity contribution < 1.29 is 166 Å². The number of benzene rings is 3. The van der Waals surface area contributed by atoms with Crippen molar-refractivity contribution >= 4 is 149 Å². The van der Waals surface area contributed by atoms with Gasteiger partial charge in [0.25, 0.3) is 11.6 Å². The summed E-state index contributed by atoms with van der Waals surface area (Å²) in [7, 11) is -1.18. The molecule has 3 aromatic carbocycles. The van der Waals surface area contributed by atoms with E-state index < -0.39 is 280 Å². The largest absolute Gasteiger partial charge is 0.508 e. The fourth-order valence-electron chi connectivity index (χ4n) is 14.5. The number of carbonyl (C=O) groups is 12. The van der Waals surface area contributed by atoms with Gasteiger partial charge in [0.1, 0.15) is 99.6 Å². The van der Waals surface area contributed by atoms with Gasteiger partial charge < -0.3 is 125 Å². The highest BCUT2D eigenvalue weighted by molar-refractivity contribution is 6.76. The number of methoxy groups -OCH3 is 1. The molecule has 3 aromatic rings. The van der Waals surface area contributed by atoms with Gasteiger partial charge in [-0.05, 0) is 17.2 Å². The molecule has 0 bridgehead atoms. The van der Waals surface area contributed by atoms with Gasteiger partial charge >= 0.3 is 60.0 Å². The SMILES string of the molecule is COC(=O)[C@@]1(O[C@H]2[C@@H](O[C@@H]3O[C@@H]4CO[C@H](c5ccccc5)O[C@@H]4[C@H](OC(=O)OCC(Cl)(Cl)Cl)[C@H]3NC(=O)OCC(Cl)(Cl)Cl)[C@@H](COCc3ccccc3)O[C@@H](OCC[Si](C)(C)C)[C@@H]2OCc2ccccc2)C[C@H](OC(C)=O)[C@@H](NC(C)=O)[C@H]([C@H](OC(C)=O)[C@H]2COC(=O)[C@]3(C[C@H](OC(C)=O)[C@@H](NC(C)=O)[C@H]([C@H](OC(C)=O)[C@@H](COC(C)=O)OC(C)=O)O3)O2)O1. The number of amides is 3. The number of fused-ring (bicyclic) bond motifs is 1. The number of halogens is 6. The van der Waals surface area contributed by atoms with Crippen LogP contribution in [0, 0.1) is 0 Å². The minimum Gasteiger partial charge on any atom is -0.465 e. The van der Waals surface area contributed by atoms with Crippen LogP contribution in [-0.2, 0) is 170 Å². The molecule has 38 nitrogen and oxygen atoms in total. The van der Waals surface area contributed by atoms with Crippen LogP contribution in [0.3, 0.4) is 0 Å². The maximum absolute atomic E-state index is 16.1. The lowest BCUT2D eigenvalue weighted by molar-refractivity contribution is -0.402. The Morgan fingerprint density at radius 2 is 1.15 bits per heavy atom. The van der Waals surface area contributed by atoms with Crippen LogP contribution in [0.2, 0.25) is 25.7 Å². The zero-order chi connectivity index (χ0) is 90.8. The molecule has 6 aliphatic heterocycles. The summed E-state index contributed by atoms with van der Waals surface area (Å²) >= 11 is 36.7. The van der Waals surface area contributed by atoms with E-state index in [1.807, 2.05) is 0 Å². The first-order chi connectivity index (χ1) is 58.4. The van der Waals surface area contributed by atoms with Crippen molar-refractivity contribution in [1.29, 1.82) is 0 Å². The van der Waals surface area contributed by atoms with E-state index in [9.17, 15) is 47.9 Å². The minimum absolute atomic E-state index is 0.0491. The van der Waals surface area contributed by atoms with Gasteiger partial charge in [0.2, 0.25) is 19.4 Å². The average molecular weight is 1890 g/mol. The first kappa shape index (κ1) is 100. The maximum Gasteiger partial charge on any atom is 0.508 e. The summed E-state index contributed by atoms with van der Waals surface area (Å²) in [6.07, 6.45) is -38.7. The molecule has 3 amide bonds. The molecule has 3 N–H and O–H groups in total. The van der Waals surface area contributed by atoms with Crippen LogP contribution >= 0.6 is 69.6 Å². The molecule has 1 spiro atoms. The lowest BCUT2D eigenvalue weighted by Crippen LogP contribution is -2.74. The molecule has 0 radical (unpaired) electrons. The molecule has 23 atom stereocenters. The Kier molecular flexibility index (Phi) is 36.3. The number of hydrogen-bond acceptors (Lipinski definition) is 35. The quantitative estimate of drug-likeness (QED) is 0.0231. The highest BCUT2D eigenvalue weighted by atomic mass is 35.6. The van der Waals surface area contributed by atoms with Crippen molar-refractivity contribution in [2.24, 2.45) is 0 Å². The van der Waals surface area contributed by atoms with Crippen LogP contribution in [0.1, 0.15) is 91.2 Å². The van der Waals surface area contributed by atoms with E-state index in [0.29, 0.717) is 22.7 Å². The highest BCUT2D eigenvalue weighted by Crippen LogP contribution is 2.47. The fourth-order valence-corrected chi connectivity index (χ4v) is 15.5. The Morgan fingerprint density at radius 3 is 1.71 bits per heavy atom. The van der Waals surface area contributed by atoms with E-state index in [1.165, 1.54) is 0 Å². The van der Waals surface area contributed by atoms with E-state index in [2.05, 4.69) is 35.6 Å². The van der Waals surface area contributed by atoms with Crippen LogP contribution in [0.25, 0.3) is 0 Å².